The molecule has 0 aliphatic heterocycles. The topological polar surface area (TPSA) is 91.3 Å². The van der Waals surface area contributed by atoms with E-state index < -0.39 is 5.97 Å². The Morgan fingerprint density at radius 3 is 3.00 bits per heavy atom. The quantitative estimate of drug-likeness (QED) is 0.790. The van der Waals surface area contributed by atoms with Gasteiger partial charge in [-0.3, -0.25) is 4.79 Å². The molecule has 0 bridgehead atoms. The van der Waals surface area contributed by atoms with Gasteiger partial charge in [-0.2, -0.15) is 0 Å². The minimum absolute atomic E-state index is 0.0360. The Morgan fingerprint density at radius 2 is 2.25 bits per heavy atom. The van der Waals surface area contributed by atoms with Gasteiger partial charge in [-0.1, -0.05) is 0 Å². The second kappa shape index (κ2) is 6.33. The van der Waals surface area contributed by atoms with Crippen molar-refractivity contribution in [1.82, 2.24) is 10.3 Å². The number of amides is 2. The van der Waals surface area contributed by atoms with E-state index in [0.717, 1.165) is 10.2 Å². The molecule has 0 fully saturated rings. The van der Waals surface area contributed by atoms with Gasteiger partial charge in [0.05, 0.1) is 15.7 Å². The lowest BCUT2D eigenvalue weighted by atomic mass is 10.2. The van der Waals surface area contributed by atoms with Gasteiger partial charge in [0.25, 0.3) is 0 Å². The molecule has 0 aliphatic carbocycles. The summed E-state index contributed by atoms with van der Waals surface area (Å²) in [6, 6.07) is 4.94. The molecule has 1 aromatic heterocycles. The van der Waals surface area contributed by atoms with Crippen molar-refractivity contribution < 1.29 is 14.7 Å². The number of urea groups is 1. The molecule has 0 radical (unpaired) electrons. The van der Waals surface area contributed by atoms with Crippen LogP contribution in [0.4, 0.5) is 10.5 Å². The lowest BCUT2D eigenvalue weighted by Gasteiger charge is -2.13. The summed E-state index contributed by atoms with van der Waals surface area (Å²) >= 11 is 1.51. The first-order chi connectivity index (χ1) is 9.54. The Labute approximate surface area is 119 Å². The van der Waals surface area contributed by atoms with Crippen LogP contribution in [0.1, 0.15) is 19.8 Å². The summed E-state index contributed by atoms with van der Waals surface area (Å²) in [6.07, 6.45) is 0.435. The molecule has 2 aromatic rings. The fourth-order valence-corrected chi connectivity index (χ4v) is 2.45. The van der Waals surface area contributed by atoms with Crippen molar-refractivity contribution in [1.29, 1.82) is 0 Å². The minimum atomic E-state index is -0.866. The van der Waals surface area contributed by atoms with E-state index in [9.17, 15) is 9.59 Å². The molecule has 7 heteroatoms. The number of carboxylic acids is 1. The van der Waals surface area contributed by atoms with Crippen molar-refractivity contribution in [2.45, 2.75) is 25.8 Å². The van der Waals surface area contributed by atoms with Gasteiger partial charge in [0, 0.05) is 18.2 Å². The maximum atomic E-state index is 11.8. The Bertz CT molecular complexity index is 626. The summed E-state index contributed by atoms with van der Waals surface area (Å²) in [7, 11) is 0. The van der Waals surface area contributed by atoms with E-state index in [1.807, 2.05) is 12.1 Å². The van der Waals surface area contributed by atoms with Crippen LogP contribution in [0.15, 0.2) is 23.7 Å². The SMILES string of the molecule is CC(CCC(=O)O)NC(=O)Nc1ccc2ncsc2c1. The lowest BCUT2D eigenvalue weighted by molar-refractivity contribution is -0.137. The zero-order valence-corrected chi connectivity index (χ0v) is 11.7. The smallest absolute Gasteiger partial charge is 0.319 e. The van der Waals surface area contributed by atoms with E-state index >= 15 is 0 Å². The van der Waals surface area contributed by atoms with Gasteiger partial charge in [-0.25, -0.2) is 9.78 Å². The largest absolute Gasteiger partial charge is 0.481 e. The number of anilines is 1. The van der Waals surface area contributed by atoms with Crippen LogP contribution in [0.25, 0.3) is 10.2 Å². The molecular formula is C13H15N3O3S. The predicted octanol–water partition coefficient (Wildman–Crippen LogP) is 2.67. The standard InChI is InChI=1S/C13H15N3O3S/c1-8(2-5-12(17)18)15-13(19)16-9-3-4-10-11(6-9)20-7-14-10/h3-4,6-8H,2,5H2,1H3,(H,17,18)(H2,15,16,19). The van der Waals surface area contributed by atoms with Gasteiger partial charge in [-0.05, 0) is 31.5 Å². The monoisotopic (exact) mass is 293 g/mol. The molecule has 0 aliphatic rings. The third-order valence-electron chi connectivity index (χ3n) is 2.76. The van der Waals surface area contributed by atoms with E-state index in [1.165, 1.54) is 11.3 Å². The number of rotatable bonds is 5. The van der Waals surface area contributed by atoms with Gasteiger partial charge in [0.15, 0.2) is 0 Å². The highest BCUT2D eigenvalue weighted by Crippen LogP contribution is 2.21. The van der Waals surface area contributed by atoms with Crippen LogP contribution in [0.3, 0.4) is 0 Å². The fraction of sp³-hybridized carbons (Fsp3) is 0.308. The molecular weight excluding hydrogens is 278 g/mol. The molecule has 1 heterocycles. The van der Waals surface area contributed by atoms with E-state index in [0.29, 0.717) is 12.1 Å². The van der Waals surface area contributed by atoms with Crippen LogP contribution in [-0.4, -0.2) is 28.1 Å². The van der Waals surface area contributed by atoms with Crippen molar-refractivity contribution in [2.24, 2.45) is 0 Å². The third-order valence-corrected chi connectivity index (χ3v) is 3.55. The molecule has 0 spiro atoms. The third kappa shape index (κ3) is 3.92. The Kier molecular flexibility index (Phi) is 4.52. The molecule has 20 heavy (non-hydrogen) atoms. The second-order valence-electron chi connectivity index (χ2n) is 4.47. The molecule has 2 rings (SSSR count). The number of thiazole rings is 1. The Balaban J connectivity index is 1.88. The van der Waals surface area contributed by atoms with Crippen molar-refractivity contribution in [3.63, 3.8) is 0 Å². The predicted molar refractivity (Wildman–Crippen MR) is 78.1 cm³/mol. The highest BCUT2D eigenvalue weighted by molar-refractivity contribution is 7.16. The number of hydrogen-bond donors (Lipinski definition) is 3. The van der Waals surface area contributed by atoms with Crippen molar-refractivity contribution in [3.05, 3.63) is 23.7 Å². The lowest BCUT2D eigenvalue weighted by Crippen LogP contribution is -2.36. The molecule has 2 amide bonds. The fourth-order valence-electron chi connectivity index (χ4n) is 1.74. The van der Waals surface area contributed by atoms with E-state index in [-0.39, 0.29) is 18.5 Å². The Hall–Kier alpha value is -2.15. The molecule has 1 aromatic carbocycles. The summed E-state index contributed by atoms with van der Waals surface area (Å²) in [5.41, 5.74) is 3.34. The number of nitrogens with zero attached hydrogens (tertiary/aromatic N) is 1. The first kappa shape index (κ1) is 14.3. The van der Waals surface area contributed by atoms with Crippen LogP contribution in [0.5, 0.6) is 0 Å². The van der Waals surface area contributed by atoms with E-state index in [1.54, 1.807) is 18.5 Å². The average Bonchev–Trinajstić information content (AvgIpc) is 2.83. The second-order valence-corrected chi connectivity index (χ2v) is 5.35. The summed E-state index contributed by atoms with van der Waals surface area (Å²) in [4.78, 5) is 26.4. The van der Waals surface area contributed by atoms with Crippen molar-refractivity contribution in [3.8, 4) is 0 Å². The van der Waals surface area contributed by atoms with Gasteiger partial charge >= 0.3 is 12.0 Å². The number of carbonyl (C=O) groups excluding carboxylic acids is 1. The summed E-state index contributed by atoms with van der Waals surface area (Å²) in [5, 5.41) is 14.0. The minimum Gasteiger partial charge on any atom is -0.481 e. The first-order valence-corrected chi connectivity index (χ1v) is 7.05. The zero-order valence-electron chi connectivity index (χ0n) is 10.9. The number of nitrogens with one attached hydrogen (secondary N) is 2. The highest BCUT2D eigenvalue weighted by atomic mass is 32.1. The number of carbonyl (C=O) groups is 2. The van der Waals surface area contributed by atoms with Crippen LogP contribution >= 0.6 is 11.3 Å². The van der Waals surface area contributed by atoms with Gasteiger partial charge in [-0.15, -0.1) is 11.3 Å². The van der Waals surface area contributed by atoms with E-state index in [4.69, 9.17) is 5.11 Å². The molecule has 1 unspecified atom stereocenters. The Morgan fingerprint density at radius 1 is 1.45 bits per heavy atom. The maximum absolute atomic E-state index is 11.8. The van der Waals surface area contributed by atoms with Crippen LogP contribution in [0.2, 0.25) is 0 Å². The summed E-state index contributed by atoms with van der Waals surface area (Å²) in [5.74, 6) is -0.866. The molecule has 0 saturated carbocycles. The zero-order chi connectivity index (χ0) is 14.5. The van der Waals surface area contributed by atoms with Gasteiger partial charge in [0.2, 0.25) is 0 Å². The highest BCUT2D eigenvalue weighted by Gasteiger charge is 2.09. The molecule has 106 valence electrons. The van der Waals surface area contributed by atoms with Crippen LogP contribution < -0.4 is 10.6 Å². The van der Waals surface area contributed by atoms with Crippen LogP contribution in [-0.2, 0) is 4.79 Å². The average molecular weight is 293 g/mol. The van der Waals surface area contributed by atoms with E-state index in [2.05, 4.69) is 15.6 Å². The molecule has 1 atom stereocenters. The van der Waals surface area contributed by atoms with Crippen molar-refractivity contribution >= 4 is 39.2 Å². The number of hydrogen-bond acceptors (Lipinski definition) is 4. The first-order valence-electron chi connectivity index (χ1n) is 6.17. The number of benzene rings is 1. The number of aromatic nitrogens is 1. The van der Waals surface area contributed by atoms with Crippen LogP contribution in [0, 0.1) is 0 Å². The van der Waals surface area contributed by atoms with Crippen molar-refractivity contribution in [2.75, 3.05) is 5.32 Å². The number of carboxylic acid groups (broad SMARTS) is 1. The number of fused-ring (bicyclic) bond motifs is 1. The van der Waals surface area contributed by atoms with Gasteiger partial charge in [0.1, 0.15) is 0 Å². The molecule has 3 N–H and O–H groups in total. The van der Waals surface area contributed by atoms with Gasteiger partial charge < -0.3 is 15.7 Å². The number of aliphatic carboxylic acids is 1. The molecule has 0 saturated heterocycles. The normalized spacial score (nSPS) is 12.1. The summed E-state index contributed by atoms with van der Waals surface area (Å²) < 4.78 is 1.00. The maximum Gasteiger partial charge on any atom is 0.319 e. The molecule has 6 nitrogen and oxygen atoms in total. The summed E-state index contributed by atoms with van der Waals surface area (Å²) in [6.45, 7) is 1.77.